The maximum Gasteiger partial charge on any atom is 0.254 e. The van der Waals surface area contributed by atoms with Crippen molar-refractivity contribution in [3.8, 4) is 0 Å². The highest BCUT2D eigenvalue weighted by Gasteiger charge is 2.11. The third kappa shape index (κ3) is 2.96. The summed E-state index contributed by atoms with van der Waals surface area (Å²) in [6, 6.07) is 10.1. The fourth-order valence-electron chi connectivity index (χ4n) is 1.97. The maximum atomic E-state index is 13.7. The zero-order valence-electron chi connectivity index (χ0n) is 11.5. The minimum atomic E-state index is -0.508. The van der Waals surface area contributed by atoms with Gasteiger partial charge in [0.1, 0.15) is 5.82 Å². The molecule has 104 valence electrons. The molecule has 0 aromatic heterocycles. The Balaban J connectivity index is 2.11. The third-order valence-corrected chi connectivity index (χ3v) is 3.30. The molecule has 3 N–H and O–H groups in total. The van der Waals surface area contributed by atoms with Gasteiger partial charge in [-0.3, -0.25) is 4.79 Å². The van der Waals surface area contributed by atoms with E-state index in [1.165, 1.54) is 12.1 Å². The Hall–Kier alpha value is -2.36. The molecule has 0 atom stereocenters. The number of nitrogen functional groups attached to an aromatic ring is 1. The molecule has 2 aromatic carbocycles. The zero-order valence-corrected chi connectivity index (χ0v) is 11.5. The maximum absolute atomic E-state index is 13.7. The van der Waals surface area contributed by atoms with Gasteiger partial charge in [0.25, 0.3) is 5.91 Å². The molecule has 3 nitrogen and oxygen atoms in total. The number of hydrogen-bond donors (Lipinski definition) is 2. The quantitative estimate of drug-likeness (QED) is 0.844. The predicted molar refractivity (Wildman–Crippen MR) is 77.9 cm³/mol. The zero-order chi connectivity index (χ0) is 14.7. The van der Waals surface area contributed by atoms with E-state index in [9.17, 15) is 9.18 Å². The minimum absolute atomic E-state index is 0.0529. The van der Waals surface area contributed by atoms with E-state index in [0.717, 1.165) is 16.7 Å². The van der Waals surface area contributed by atoms with Crippen molar-refractivity contribution in [2.75, 3.05) is 5.73 Å². The molecule has 20 heavy (non-hydrogen) atoms. The second kappa shape index (κ2) is 5.74. The molecule has 0 aliphatic rings. The van der Waals surface area contributed by atoms with E-state index >= 15 is 0 Å². The van der Waals surface area contributed by atoms with Crippen LogP contribution in [0, 0.1) is 19.7 Å². The van der Waals surface area contributed by atoms with Gasteiger partial charge < -0.3 is 11.1 Å². The van der Waals surface area contributed by atoms with Crippen molar-refractivity contribution in [3.63, 3.8) is 0 Å². The van der Waals surface area contributed by atoms with Crippen LogP contribution in [0.25, 0.3) is 0 Å². The number of nitrogens with one attached hydrogen (secondary N) is 1. The Labute approximate surface area is 117 Å². The van der Waals surface area contributed by atoms with Crippen molar-refractivity contribution in [2.45, 2.75) is 20.4 Å². The standard InChI is InChI=1S/C16H17FN2O/c1-10-6-7-13(14(17)8-10)16(20)19-9-12-4-3-5-15(18)11(12)2/h3-8H,9,18H2,1-2H3,(H,19,20). The van der Waals surface area contributed by atoms with Crippen LogP contribution in [-0.2, 0) is 6.54 Å². The molecule has 0 saturated heterocycles. The first-order chi connectivity index (χ1) is 9.49. The summed E-state index contributed by atoms with van der Waals surface area (Å²) in [5.41, 5.74) is 9.17. The summed E-state index contributed by atoms with van der Waals surface area (Å²) in [6.45, 7) is 3.99. The number of nitrogens with two attached hydrogens (primary N) is 1. The van der Waals surface area contributed by atoms with Crippen LogP contribution in [0.1, 0.15) is 27.0 Å². The van der Waals surface area contributed by atoms with E-state index in [2.05, 4.69) is 5.32 Å². The number of carbonyl (C=O) groups is 1. The van der Waals surface area contributed by atoms with Gasteiger partial charge in [-0.2, -0.15) is 0 Å². The van der Waals surface area contributed by atoms with E-state index in [-0.39, 0.29) is 5.56 Å². The molecule has 0 aliphatic heterocycles. The Bertz CT molecular complexity index is 653. The fraction of sp³-hybridized carbons (Fsp3) is 0.188. The van der Waals surface area contributed by atoms with E-state index in [0.29, 0.717) is 12.2 Å². The Morgan fingerprint density at radius 1 is 1.25 bits per heavy atom. The van der Waals surface area contributed by atoms with E-state index < -0.39 is 11.7 Å². The molecule has 0 radical (unpaired) electrons. The van der Waals surface area contributed by atoms with E-state index in [4.69, 9.17) is 5.73 Å². The molecule has 0 heterocycles. The summed E-state index contributed by atoms with van der Waals surface area (Å²) in [4.78, 5) is 12.0. The van der Waals surface area contributed by atoms with Gasteiger partial charge in [0.2, 0.25) is 0 Å². The van der Waals surface area contributed by atoms with Crippen LogP contribution in [0.4, 0.5) is 10.1 Å². The largest absolute Gasteiger partial charge is 0.399 e. The first kappa shape index (κ1) is 14.1. The van der Waals surface area contributed by atoms with Crippen molar-refractivity contribution < 1.29 is 9.18 Å². The molecular weight excluding hydrogens is 255 g/mol. The van der Waals surface area contributed by atoms with Gasteiger partial charge in [-0.15, -0.1) is 0 Å². The Kier molecular flexibility index (Phi) is 4.03. The van der Waals surface area contributed by atoms with Crippen molar-refractivity contribution in [3.05, 3.63) is 64.5 Å². The van der Waals surface area contributed by atoms with Crippen LogP contribution in [0.5, 0.6) is 0 Å². The molecule has 2 aromatic rings. The molecule has 4 heteroatoms. The molecule has 0 aliphatic carbocycles. The number of benzene rings is 2. The molecule has 0 bridgehead atoms. The highest BCUT2D eigenvalue weighted by Crippen LogP contribution is 2.15. The number of amides is 1. The van der Waals surface area contributed by atoms with Crippen LogP contribution >= 0.6 is 0 Å². The van der Waals surface area contributed by atoms with Gasteiger partial charge in [-0.1, -0.05) is 18.2 Å². The average Bonchev–Trinajstić information content (AvgIpc) is 2.40. The average molecular weight is 272 g/mol. The van der Waals surface area contributed by atoms with Gasteiger partial charge in [0.15, 0.2) is 0 Å². The smallest absolute Gasteiger partial charge is 0.254 e. The number of carbonyl (C=O) groups excluding carboxylic acids is 1. The summed E-state index contributed by atoms with van der Waals surface area (Å²) in [5.74, 6) is -0.934. The summed E-state index contributed by atoms with van der Waals surface area (Å²) >= 11 is 0. The first-order valence-electron chi connectivity index (χ1n) is 6.37. The van der Waals surface area contributed by atoms with Gasteiger partial charge in [0, 0.05) is 12.2 Å². The monoisotopic (exact) mass is 272 g/mol. The predicted octanol–water partition coefficient (Wildman–Crippen LogP) is 2.95. The number of hydrogen-bond acceptors (Lipinski definition) is 2. The van der Waals surface area contributed by atoms with Crippen LogP contribution in [0.3, 0.4) is 0 Å². The van der Waals surface area contributed by atoms with E-state index in [1.54, 1.807) is 19.1 Å². The number of rotatable bonds is 3. The number of halogens is 1. The topological polar surface area (TPSA) is 55.1 Å². The van der Waals surface area contributed by atoms with Gasteiger partial charge >= 0.3 is 0 Å². The summed E-state index contributed by atoms with van der Waals surface area (Å²) < 4.78 is 13.7. The highest BCUT2D eigenvalue weighted by molar-refractivity contribution is 5.94. The lowest BCUT2D eigenvalue weighted by Crippen LogP contribution is -2.24. The molecule has 1 amide bonds. The Morgan fingerprint density at radius 2 is 2.00 bits per heavy atom. The summed E-state index contributed by atoms with van der Waals surface area (Å²) in [7, 11) is 0. The molecular formula is C16H17FN2O. The molecule has 0 saturated carbocycles. The lowest BCUT2D eigenvalue weighted by atomic mass is 10.1. The molecule has 0 fully saturated rings. The van der Waals surface area contributed by atoms with Crippen molar-refractivity contribution in [1.29, 1.82) is 0 Å². The highest BCUT2D eigenvalue weighted by atomic mass is 19.1. The first-order valence-corrected chi connectivity index (χ1v) is 6.37. The van der Waals surface area contributed by atoms with Crippen LogP contribution < -0.4 is 11.1 Å². The molecule has 0 spiro atoms. The Morgan fingerprint density at radius 3 is 2.70 bits per heavy atom. The lowest BCUT2D eigenvalue weighted by Gasteiger charge is -2.10. The van der Waals surface area contributed by atoms with E-state index in [1.807, 2.05) is 19.1 Å². The van der Waals surface area contributed by atoms with Gasteiger partial charge in [-0.05, 0) is 48.7 Å². The number of anilines is 1. The normalized spacial score (nSPS) is 10.3. The number of aryl methyl sites for hydroxylation is 1. The fourth-order valence-corrected chi connectivity index (χ4v) is 1.97. The summed E-state index contributed by atoms with van der Waals surface area (Å²) in [6.07, 6.45) is 0. The van der Waals surface area contributed by atoms with Crippen LogP contribution in [0.15, 0.2) is 36.4 Å². The second-order valence-corrected chi connectivity index (χ2v) is 4.80. The van der Waals surface area contributed by atoms with Crippen molar-refractivity contribution in [1.82, 2.24) is 5.32 Å². The third-order valence-electron chi connectivity index (χ3n) is 3.30. The van der Waals surface area contributed by atoms with Crippen molar-refractivity contribution in [2.24, 2.45) is 0 Å². The van der Waals surface area contributed by atoms with Gasteiger partial charge in [0.05, 0.1) is 5.56 Å². The lowest BCUT2D eigenvalue weighted by molar-refractivity contribution is 0.0947. The van der Waals surface area contributed by atoms with Crippen LogP contribution in [0.2, 0.25) is 0 Å². The van der Waals surface area contributed by atoms with Crippen molar-refractivity contribution >= 4 is 11.6 Å². The summed E-state index contributed by atoms with van der Waals surface area (Å²) in [5, 5.41) is 2.71. The van der Waals surface area contributed by atoms with Gasteiger partial charge in [-0.25, -0.2) is 4.39 Å². The van der Waals surface area contributed by atoms with Crippen LogP contribution in [-0.4, -0.2) is 5.91 Å². The molecule has 2 rings (SSSR count). The minimum Gasteiger partial charge on any atom is -0.399 e. The SMILES string of the molecule is Cc1ccc(C(=O)NCc2cccc(N)c2C)c(F)c1. The second-order valence-electron chi connectivity index (χ2n) is 4.80. The molecule has 0 unspecified atom stereocenters.